The molecule has 0 aliphatic heterocycles. The third-order valence-corrected chi connectivity index (χ3v) is 3.47. The molecule has 0 aliphatic carbocycles. The van der Waals surface area contributed by atoms with E-state index in [0.717, 1.165) is 22.7 Å². The number of hydrogen-bond donors (Lipinski definition) is 1. The fourth-order valence-corrected chi connectivity index (χ4v) is 2.28. The first-order chi connectivity index (χ1) is 9.67. The predicted molar refractivity (Wildman–Crippen MR) is 82.2 cm³/mol. The van der Waals surface area contributed by atoms with Gasteiger partial charge in [0.15, 0.2) is 0 Å². The number of likely N-dealkylation sites (N-methyl/N-ethyl adjacent to an activating group) is 1. The Morgan fingerprint density at radius 1 is 1.25 bits per heavy atom. The molecule has 0 saturated heterocycles. The van der Waals surface area contributed by atoms with Gasteiger partial charge in [0.05, 0.1) is 18.8 Å². The van der Waals surface area contributed by atoms with Crippen LogP contribution >= 0.6 is 0 Å². The van der Waals surface area contributed by atoms with Crippen molar-refractivity contribution >= 4 is 5.69 Å². The number of aromatic nitrogens is 1. The van der Waals surface area contributed by atoms with Gasteiger partial charge in [-0.1, -0.05) is 18.2 Å². The van der Waals surface area contributed by atoms with E-state index in [1.807, 2.05) is 50.5 Å². The topological polar surface area (TPSA) is 51.4 Å². The van der Waals surface area contributed by atoms with Crippen molar-refractivity contribution in [1.82, 2.24) is 4.98 Å². The van der Waals surface area contributed by atoms with Gasteiger partial charge in [-0.05, 0) is 30.7 Å². The average molecular weight is 271 g/mol. The van der Waals surface area contributed by atoms with E-state index in [0.29, 0.717) is 6.54 Å². The third kappa shape index (κ3) is 2.91. The molecule has 1 atom stereocenters. The van der Waals surface area contributed by atoms with Crippen molar-refractivity contribution in [2.75, 3.05) is 25.6 Å². The average Bonchev–Trinajstić information content (AvgIpc) is 2.49. The fraction of sp³-hybridized carbons (Fsp3) is 0.312. The van der Waals surface area contributed by atoms with Crippen molar-refractivity contribution in [3.8, 4) is 5.75 Å². The Kier molecular flexibility index (Phi) is 4.58. The van der Waals surface area contributed by atoms with Gasteiger partial charge in [-0.2, -0.15) is 0 Å². The van der Waals surface area contributed by atoms with E-state index in [1.165, 1.54) is 0 Å². The maximum Gasteiger partial charge on any atom is 0.142 e. The van der Waals surface area contributed by atoms with Gasteiger partial charge in [-0.15, -0.1) is 0 Å². The van der Waals surface area contributed by atoms with Crippen LogP contribution in [0, 0.1) is 6.92 Å². The highest BCUT2D eigenvalue weighted by atomic mass is 16.5. The molecule has 106 valence electrons. The first-order valence-electron chi connectivity index (χ1n) is 6.66. The molecule has 2 aromatic rings. The third-order valence-electron chi connectivity index (χ3n) is 3.47. The summed E-state index contributed by atoms with van der Waals surface area (Å²) in [5.74, 6) is 0.841. The van der Waals surface area contributed by atoms with Gasteiger partial charge in [0.2, 0.25) is 0 Å². The lowest BCUT2D eigenvalue weighted by Crippen LogP contribution is -2.30. The Morgan fingerprint density at radius 3 is 2.60 bits per heavy atom. The highest BCUT2D eigenvalue weighted by molar-refractivity contribution is 5.59. The highest BCUT2D eigenvalue weighted by Gasteiger charge is 2.18. The summed E-state index contributed by atoms with van der Waals surface area (Å²) >= 11 is 0. The van der Waals surface area contributed by atoms with Crippen LogP contribution in [0.1, 0.15) is 17.3 Å². The summed E-state index contributed by atoms with van der Waals surface area (Å²) in [7, 11) is 3.70. The molecule has 0 fully saturated rings. The number of methoxy groups -OCH3 is 1. The summed E-state index contributed by atoms with van der Waals surface area (Å²) < 4.78 is 5.42. The summed E-state index contributed by atoms with van der Waals surface area (Å²) in [6.45, 7) is 2.49. The second-order valence-corrected chi connectivity index (χ2v) is 4.77. The lowest BCUT2D eigenvalue weighted by Gasteiger charge is -2.30. The van der Waals surface area contributed by atoms with Crippen LogP contribution in [0.5, 0.6) is 5.75 Å². The predicted octanol–water partition coefficient (Wildman–Crippen LogP) is 2.53. The summed E-state index contributed by atoms with van der Waals surface area (Å²) in [4.78, 5) is 6.48. The Morgan fingerprint density at radius 2 is 2.00 bits per heavy atom. The van der Waals surface area contributed by atoms with E-state index in [1.54, 1.807) is 7.11 Å². The van der Waals surface area contributed by atoms with Crippen LogP contribution in [0.15, 0.2) is 42.6 Å². The first-order valence-corrected chi connectivity index (χ1v) is 6.66. The molecule has 0 amide bonds. The molecule has 0 saturated carbocycles. The minimum absolute atomic E-state index is 0.0689. The lowest BCUT2D eigenvalue weighted by molar-refractivity contribution is 0.413. The minimum Gasteiger partial charge on any atom is -0.495 e. The second-order valence-electron chi connectivity index (χ2n) is 4.77. The number of pyridine rings is 1. The van der Waals surface area contributed by atoms with Crippen molar-refractivity contribution < 1.29 is 4.74 Å². The molecule has 0 spiro atoms. The van der Waals surface area contributed by atoms with Crippen molar-refractivity contribution in [2.24, 2.45) is 5.73 Å². The SMILES string of the molecule is COc1ccccc1N(C)C(CN)c1ccc(C)nc1. The quantitative estimate of drug-likeness (QED) is 0.908. The number of rotatable bonds is 5. The molecule has 0 bridgehead atoms. The number of nitrogens with zero attached hydrogens (tertiary/aromatic N) is 2. The molecular formula is C16H21N3O. The molecule has 1 unspecified atom stereocenters. The van der Waals surface area contributed by atoms with Crippen LogP contribution < -0.4 is 15.4 Å². The van der Waals surface area contributed by atoms with Crippen molar-refractivity contribution in [3.63, 3.8) is 0 Å². The number of aryl methyl sites for hydroxylation is 1. The summed E-state index contributed by atoms with van der Waals surface area (Å²) in [6.07, 6.45) is 1.89. The summed E-state index contributed by atoms with van der Waals surface area (Å²) in [6, 6.07) is 12.1. The molecule has 1 aromatic carbocycles. The number of hydrogen-bond acceptors (Lipinski definition) is 4. The van der Waals surface area contributed by atoms with Crippen molar-refractivity contribution in [1.29, 1.82) is 0 Å². The Bertz CT molecular complexity index is 554. The normalized spacial score (nSPS) is 12.0. The molecule has 1 aromatic heterocycles. The molecule has 20 heavy (non-hydrogen) atoms. The standard InChI is InChI=1S/C16H21N3O/c1-12-8-9-13(11-18-12)15(10-17)19(2)14-6-4-5-7-16(14)20-3/h4-9,11,15H,10,17H2,1-3H3. The monoisotopic (exact) mass is 271 g/mol. The van der Waals surface area contributed by atoms with Gasteiger partial charge in [-0.3, -0.25) is 4.98 Å². The van der Waals surface area contributed by atoms with Crippen LogP contribution in [0.2, 0.25) is 0 Å². The molecule has 2 N–H and O–H groups in total. The van der Waals surface area contributed by atoms with E-state index in [-0.39, 0.29) is 6.04 Å². The number of ether oxygens (including phenoxy) is 1. The molecule has 4 heteroatoms. The van der Waals surface area contributed by atoms with Crippen LogP contribution in [-0.2, 0) is 0 Å². The van der Waals surface area contributed by atoms with Crippen molar-refractivity contribution in [3.05, 3.63) is 53.9 Å². The van der Waals surface area contributed by atoms with E-state index in [9.17, 15) is 0 Å². The molecule has 4 nitrogen and oxygen atoms in total. The molecule has 1 heterocycles. The summed E-state index contributed by atoms with van der Waals surface area (Å²) in [5.41, 5.74) is 9.09. The Labute approximate surface area is 120 Å². The lowest BCUT2D eigenvalue weighted by atomic mass is 10.1. The van der Waals surface area contributed by atoms with E-state index >= 15 is 0 Å². The van der Waals surface area contributed by atoms with E-state index < -0.39 is 0 Å². The van der Waals surface area contributed by atoms with Gasteiger partial charge in [0.1, 0.15) is 5.75 Å². The first kappa shape index (κ1) is 14.3. The van der Waals surface area contributed by atoms with Crippen LogP contribution in [-0.4, -0.2) is 25.7 Å². The number of nitrogens with two attached hydrogens (primary N) is 1. The van der Waals surface area contributed by atoms with Gasteiger partial charge >= 0.3 is 0 Å². The molecular weight excluding hydrogens is 250 g/mol. The van der Waals surface area contributed by atoms with Gasteiger partial charge in [0, 0.05) is 25.5 Å². The highest BCUT2D eigenvalue weighted by Crippen LogP contribution is 2.32. The minimum atomic E-state index is 0.0689. The summed E-state index contributed by atoms with van der Waals surface area (Å²) in [5, 5.41) is 0. The molecule has 2 rings (SSSR count). The Balaban J connectivity index is 2.33. The van der Waals surface area contributed by atoms with E-state index in [4.69, 9.17) is 10.5 Å². The smallest absolute Gasteiger partial charge is 0.142 e. The van der Waals surface area contributed by atoms with Gasteiger partial charge < -0.3 is 15.4 Å². The van der Waals surface area contributed by atoms with Gasteiger partial charge in [-0.25, -0.2) is 0 Å². The van der Waals surface area contributed by atoms with Crippen LogP contribution in [0.4, 0.5) is 5.69 Å². The number of para-hydroxylation sites is 2. The maximum absolute atomic E-state index is 5.96. The zero-order valence-corrected chi connectivity index (χ0v) is 12.2. The zero-order chi connectivity index (χ0) is 14.5. The molecule has 0 radical (unpaired) electrons. The number of anilines is 1. The van der Waals surface area contributed by atoms with Crippen LogP contribution in [0.3, 0.4) is 0 Å². The Hall–Kier alpha value is -2.07. The maximum atomic E-state index is 5.96. The largest absolute Gasteiger partial charge is 0.495 e. The zero-order valence-electron chi connectivity index (χ0n) is 12.2. The van der Waals surface area contributed by atoms with Gasteiger partial charge in [0.25, 0.3) is 0 Å². The van der Waals surface area contributed by atoms with Crippen LogP contribution in [0.25, 0.3) is 0 Å². The van der Waals surface area contributed by atoms with Crippen molar-refractivity contribution in [2.45, 2.75) is 13.0 Å². The fourth-order valence-electron chi connectivity index (χ4n) is 2.28. The number of benzene rings is 1. The molecule has 0 aliphatic rings. The second kappa shape index (κ2) is 6.39. The van der Waals surface area contributed by atoms with E-state index in [2.05, 4.69) is 16.0 Å².